The lowest BCUT2D eigenvalue weighted by Gasteiger charge is -2.08. The fourth-order valence-corrected chi connectivity index (χ4v) is 3.12. The summed E-state index contributed by atoms with van der Waals surface area (Å²) in [6, 6.07) is 6.14. The molecule has 0 aromatic heterocycles. The van der Waals surface area contributed by atoms with Gasteiger partial charge in [0.2, 0.25) is 0 Å². The largest absolute Gasteiger partial charge is 0.457 e. The first kappa shape index (κ1) is 10.3. The lowest BCUT2D eigenvalue weighted by molar-refractivity contribution is -0.145. The predicted molar refractivity (Wildman–Crippen MR) is 64.7 cm³/mol. The van der Waals surface area contributed by atoms with Crippen molar-refractivity contribution in [2.75, 3.05) is 0 Å². The third-order valence-corrected chi connectivity index (χ3v) is 4.05. The maximum atomic E-state index is 11.5. The van der Waals surface area contributed by atoms with Crippen molar-refractivity contribution in [1.29, 1.82) is 0 Å². The Morgan fingerprint density at radius 3 is 3.00 bits per heavy atom. The Balaban J connectivity index is 2.05. The fourth-order valence-electron chi connectivity index (χ4n) is 2.61. The van der Waals surface area contributed by atoms with Gasteiger partial charge in [-0.1, -0.05) is 6.07 Å². The number of carbonyl (C=O) groups is 2. The molecule has 0 N–H and O–H groups in total. The van der Waals surface area contributed by atoms with Crippen molar-refractivity contribution in [1.82, 2.24) is 0 Å². The van der Waals surface area contributed by atoms with Gasteiger partial charge in [0, 0.05) is 9.49 Å². The molecular formula is C12H9IO3. The zero-order valence-corrected chi connectivity index (χ0v) is 10.5. The van der Waals surface area contributed by atoms with E-state index in [2.05, 4.69) is 28.7 Å². The van der Waals surface area contributed by atoms with Gasteiger partial charge in [0.05, 0.1) is 0 Å². The molecule has 0 amide bonds. The first-order valence-electron chi connectivity index (χ1n) is 5.15. The van der Waals surface area contributed by atoms with Gasteiger partial charge in [-0.25, -0.2) is 0 Å². The van der Waals surface area contributed by atoms with E-state index in [0.29, 0.717) is 0 Å². The van der Waals surface area contributed by atoms with Crippen molar-refractivity contribution in [3.63, 3.8) is 0 Å². The molecule has 0 bridgehead atoms. The van der Waals surface area contributed by atoms with Crippen LogP contribution in [0.4, 0.5) is 0 Å². The third-order valence-electron chi connectivity index (χ3n) is 3.38. The Labute approximate surface area is 106 Å². The topological polar surface area (TPSA) is 43.4 Å². The lowest BCUT2D eigenvalue weighted by Crippen LogP contribution is -2.17. The van der Waals surface area contributed by atoms with Gasteiger partial charge in [-0.2, -0.15) is 0 Å². The van der Waals surface area contributed by atoms with E-state index in [1.54, 1.807) is 0 Å². The molecule has 82 valence electrons. The van der Waals surface area contributed by atoms with Crippen LogP contribution in [0.25, 0.3) is 0 Å². The number of esters is 1. The molecule has 1 aliphatic heterocycles. The quantitative estimate of drug-likeness (QED) is 0.342. The molecule has 1 aromatic rings. The Morgan fingerprint density at radius 2 is 2.25 bits per heavy atom. The van der Waals surface area contributed by atoms with Gasteiger partial charge in [0.25, 0.3) is 0 Å². The third kappa shape index (κ3) is 1.32. The Hall–Kier alpha value is -0.910. The summed E-state index contributed by atoms with van der Waals surface area (Å²) in [4.78, 5) is 22.3. The Morgan fingerprint density at radius 1 is 1.44 bits per heavy atom. The maximum Gasteiger partial charge on any atom is 0.317 e. The summed E-state index contributed by atoms with van der Waals surface area (Å²) >= 11 is 2.24. The second kappa shape index (κ2) is 3.55. The number of carbonyl (C=O) groups excluding carboxylic acids is 2. The minimum Gasteiger partial charge on any atom is -0.457 e. The number of aldehydes is 1. The number of hydrogen-bond acceptors (Lipinski definition) is 3. The van der Waals surface area contributed by atoms with Gasteiger partial charge in [0.1, 0.15) is 18.3 Å². The van der Waals surface area contributed by atoms with Gasteiger partial charge >= 0.3 is 5.97 Å². The molecule has 0 saturated carbocycles. The molecular weight excluding hydrogens is 319 g/mol. The van der Waals surface area contributed by atoms with Crippen molar-refractivity contribution in [3.05, 3.63) is 32.9 Å². The summed E-state index contributed by atoms with van der Waals surface area (Å²) < 4.78 is 6.42. The average Bonchev–Trinajstić information content (AvgIpc) is 2.73. The van der Waals surface area contributed by atoms with Crippen LogP contribution in [0.15, 0.2) is 18.2 Å². The molecule has 3 nitrogen and oxygen atoms in total. The van der Waals surface area contributed by atoms with E-state index in [1.807, 2.05) is 12.1 Å². The number of benzene rings is 1. The molecule has 3 rings (SSSR count). The maximum absolute atomic E-state index is 11.5. The van der Waals surface area contributed by atoms with Crippen LogP contribution in [-0.4, -0.2) is 12.3 Å². The summed E-state index contributed by atoms with van der Waals surface area (Å²) in [5.41, 5.74) is 2.28. The van der Waals surface area contributed by atoms with Gasteiger partial charge in [-0.3, -0.25) is 4.79 Å². The first-order chi connectivity index (χ1) is 7.70. The molecule has 1 fully saturated rings. The molecule has 16 heavy (non-hydrogen) atoms. The molecule has 3 unspecified atom stereocenters. The summed E-state index contributed by atoms with van der Waals surface area (Å²) in [5, 5.41) is 0. The summed E-state index contributed by atoms with van der Waals surface area (Å²) in [5.74, 6) is -0.928. The lowest BCUT2D eigenvalue weighted by atomic mass is 9.92. The molecule has 2 aliphatic rings. The highest BCUT2D eigenvalue weighted by molar-refractivity contribution is 14.1. The van der Waals surface area contributed by atoms with Crippen LogP contribution in [0.3, 0.4) is 0 Å². The van der Waals surface area contributed by atoms with Crippen molar-refractivity contribution in [2.24, 2.45) is 11.8 Å². The molecule has 0 radical (unpaired) electrons. The highest BCUT2D eigenvalue weighted by atomic mass is 127. The molecule has 4 heteroatoms. The van der Waals surface area contributed by atoms with Crippen LogP contribution < -0.4 is 0 Å². The number of halogens is 1. The average molecular weight is 328 g/mol. The second-order valence-corrected chi connectivity index (χ2v) is 5.48. The molecule has 0 spiro atoms. The van der Waals surface area contributed by atoms with Crippen molar-refractivity contribution in [2.45, 2.75) is 12.5 Å². The van der Waals surface area contributed by atoms with Gasteiger partial charge in [-0.15, -0.1) is 0 Å². The standard InChI is InChI=1S/C12H9IO3/c13-7-2-1-6-3-9-10(5-14)12(15)16-11(9)8(6)4-7/h1-2,4-5,9-11H,3H2. The Kier molecular flexibility index (Phi) is 2.27. The van der Waals surface area contributed by atoms with Gasteiger partial charge in [0.15, 0.2) is 0 Å². The normalized spacial score (nSPS) is 30.8. The van der Waals surface area contributed by atoms with E-state index in [4.69, 9.17) is 4.74 Å². The van der Waals surface area contributed by atoms with Crippen molar-refractivity contribution in [3.8, 4) is 0 Å². The molecule has 1 saturated heterocycles. The monoisotopic (exact) mass is 328 g/mol. The number of fused-ring (bicyclic) bond motifs is 3. The fraction of sp³-hybridized carbons (Fsp3) is 0.333. The van der Waals surface area contributed by atoms with Crippen molar-refractivity contribution >= 4 is 34.8 Å². The van der Waals surface area contributed by atoms with Crippen LogP contribution in [0.1, 0.15) is 17.2 Å². The van der Waals surface area contributed by atoms with Crippen LogP contribution in [0, 0.1) is 15.4 Å². The highest BCUT2D eigenvalue weighted by Crippen LogP contribution is 2.47. The van der Waals surface area contributed by atoms with E-state index in [1.165, 1.54) is 5.56 Å². The molecule has 1 aliphatic carbocycles. The second-order valence-electron chi connectivity index (χ2n) is 4.23. The summed E-state index contributed by atoms with van der Waals surface area (Å²) in [6.45, 7) is 0. The minimum absolute atomic E-state index is 0.0122. The zero-order chi connectivity index (χ0) is 11.3. The summed E-state index contributed by atoms with van der Waals surface area (Å²) in [6.07, 6.45) is 1.29. The minimum atomic E-state index is -0.574. The predicted octanol–water partition coefficient (Wildman–Crippen LogP) is 1.88. The smallest absolute Gasteiger partial charge is 0.317 e. The first-order valence-corrected chi connectivity index (χ1v) is 6.22. The van der Waals surface area contributed by atoms with Gasteiger partial charge < -0.3 is 9.53 Å². The van der Waals surface area contributed by atoms with Crippen LogP contribution in [0.2, 0.25) is 0 Å². The number of rotatable bonds is 1. The number of ether oxygens (including phenoxy) is 1. The van der Waals surface area contributed by atoms with Crippen LogP contribution >= 0.6 is 22.6 Å². The van der Waals surface area contributed by atoms with Gasteiger partial charge in [-0.05, 0) is 52.3 Å². The molecule has 3 atom stereocenters. The van der Waals surface area contributed by atoms with Crippen LogP contribution in [0.5, 0.6) is 0 Å². The van der Waals surface area contributed by atoms with E-state index in [-0.39, 0.29) is 18.0 Å². The van der Waals surface area contributed by atoms with Crippen molar-refractivity contribution < 1.29 is 14.3 Å². The van der Waals surface area contributed by atoms with E-state index < -0.39 is 5.92 Å². The summed E-state index contributed by atoms with van der Waals surface area (Å²) in [7, 11) is 0. The van der Waals surface area contributed by atoms with Crippen LogP contribution in [-0.2, 0) is 20.7 Å². The Bertz CT molecular complexity index is 483. The molecule has 1 heterocycles. The van der Waals surface area contributed by atoms with E-state index in [0.717, 1.165) is 21.8 Å². The van der Waals surface area contributed by atoms with E-state index >= 15 is 0 Å². The SMILES string of the molecule is O=CC1C(=O)OC2c3cc(I)ccc3CC12. The number of hydrogen-bond donors (Lipinski definition) is 0. The highest BCUT2D eigenvalue weighted by Gasteiger charge is 2.49. The van der Waals surface area contributed by atoms with E-state index in [9.17, 15) is 9.59 Å². The molecule has 1 aromatic carbocycles. The zero-order valence-electron chi connectivity index (χ0n) is 8.35.